The van der Waals surface area contributed by atoms with Gasteiger partial charge in [0.2, 0.25) is 0 Å². The molecule has 0 unspecified atom stereocenters. The molecule has 1 aromatic rings. The van der Waals surface area contributed by atoms with Crippen molar-refractivity contribution in [1.29, 1.82) is 0 Å². The number of halogens is 2. The summed E-state index contributed by atoms with van der Waals surface area (Å²) in [7, 11) is 0. The van der Waals surface area contributed by atoms with Crippen LogP contribution in [0.15, 0.2) is 18.2 Å². The topological polar surface area (TPSA) is 12.0 Å². The molecule has 1 nitrogen and oxygen atoms in total. The number of nitrogens with one attached hydrogen (secondary N) is 1. The van der Waals surface area contributed by atoms with Crippen molar-refractivity contribution in [3.63, 3.8) is 0 Å². The molecule has 1 saturated carbocycles. The summed E-state index contributed by atoms with van der Waals surface area (Å²) in [6, 6.07) is 4.57. The van der Waals surface area contributed by atoms with Crippen LogP contribution < -0.4 is 5.32 Å². The van der Waals surface area contributed by atoms with Gasteiger partial charge in [-0.15, -0.1) is 0 Å². The lowest BCUT2D eigenvalue weighted by molar-refractivity contribution is 0.266. The number of hydrogen-bond donors (Lipinski definition) is 1. The highest BCUT2D eigenvalue weighted by Gasteiger charge is 2.23. The Balaban J connectivity index is 1.94. The quantitative estimate of drug-likeness (QED) is 0.830. The molecule has 0 amide bonds. The fourth-order valence-electron chi connectivity index (χ4n) is 2.77. The molecule has 1 N–H and O–H groups in total. The first-order valence-electron chi connectivity index (χ1n) is 6.78. The highest BCUT2D eigenvalue weighted by Crippen LogP contribution is 2.31. The van der Waals surface area contributed by atoms with Gasteiger partial charge in [0.1, 0.15) is 0 Å². The van der Waals surface area contributed by atoms with Crippen LogP contribution in [-0.2, 0) is 0 Å². The average Bonchev–Trinajstić information content (AvgIpc) is 2.36. The largest absolute Gasteiger partial charge is 0.380 e. The molecule has 3 heteroatoms. The third kappa shape index (κ3) is 3.01. The number of benzene rings is 1. The third-order valence-electron chi connectivity index (χ3n) is 4.03. The van der Waals surface area contributed by atoms with Crippen molar-refractivity contribution in [2.75, 3.05) is 5.32 Å². The Kier molecular flexibility index (Phi) is 4.20. The van der Waals surface area contributed by atoms with E-state index in [1.54, 1.807) is 12.1 Å². The molecule has 0 atom stereocenters. The summed E-state index contributed by atoms with van der Waals surface area (Å²) in [5, 5.41) is 3.13. The number of anilines is 1. The fraction of sp³-hybridized carbons (Fsp3) is 0.600. The van der Waals surface area contributed by atoms with Gasteiger partial charge in [0, 0.05) is 6.04 Å². The van der Waals surface area contributed by atoms with Crippen LogP contribution >= 0.6 is 0 Å². The number of rotatable bonds is 3. The molecule has 0 saturated heterocycles. The lowest BCUT2D eigenvalue weighted by Crippen LogP contribution is -2.28. The summed E-state index contributed by atoms with van der Waals surface area (Å²) >= 11 is 0. The van der Waals surface area contributed by atoms with Crippen molar-refractivity contribution in [2.24, 2.45) is 11.8 Å². The van der Waals surface area contributed by atoms with Gasteiger partial charge in [0.05, 0.1) is 5.69 Å². The third-order valence-corrected chi connectivity index (χ3v) is 4.03. The molecule has 1 aromatic carbocycles. The molecular weight excluding hydrogens is 232 g/mol. The molecule has 0 heterocycles. The van der Waals surface area contributed by atoms with Gasteiger partial charge in [-0.25, -0.2) is 8.78 Å². The SMILES string of the molecule is CC(C)C1CCC(Nc2cccc(F)c2F)CC1. The highest BCUT2D eigenvalue weighted by atomic mass is 19.2. The van der Waals surface area contributed by atoms with Crippen LogP contribution in [0.4, 0.5) is 14.5 Å². The minimum atomic E-state index is -0.782. The van der Waals surface area contributed by atoms with Crippen LogP contribution in [-0.4, -0.2) is 6.04 Å². The van der Waals surface area contributed by atoms with E-state index in [0.717, 1.165) is 30.7 Å². The normalized spacial score (nSPS) is 24.3. The predicted octanol–water partition coefficient (Wildman–Crippen LogP) is 4.59. The number of hydrogen-bond acceptors (Lipinski definition) is 1. The maximum Gasteiger partial charge on any atom is 0.181 e. The molecule has 0 bridgehead atoms. The molecule has 0 aromatic heterocycles. The zero-order chi connectivity index (χ0) is 13.1. The molecular formula is C15H21F2N. The van der Waals surface area contributed by atoms with E-state index in [1.165, 1.54) is 12.8 Å². The average molecular weight is 253 g/mol. The van der Waals surface area contributed by atoms with Gasteiger partial charge < -0.3 is 5.32 Å². The molecule has 1 aliphatic rings. The maximum atomic E-state index is 13.5. The summed E-state index contributed by atoms with van der Waals surface area (Å²) in [6.45, 7) is 4.51. The van der Waals surface area contributed by atoms with E-state index in [1.807, 2.05) is 0 Å². The van der Waals surface area contributed by atoms with Gasteiger partial charge in [-0.2, -0.15) is 0 Å². The second-order valence-electron chi connectivity index (χ2n) is 5.60. The molecule has 1 aliphatic carbocycles. The summed E-state index contributed by atoms with van der Waals surface area (Å²) in [6.07, 6.45) is 4.43. The van der Waals surface area contributed by atoms with Crippen LogP contribution in [0, 0.1) is 23.5 Å². The Morgan fingerprint density at radius 2 is 1.78 bits per heavy atom. The molecule has 0 aliphatic heterocycles. The monoisotopic (exact) mass is 253 g/mol. The fourth-order valence-corrected chi connectivity index (χ4v) is 2.77. The summed E-state index contributed by atoms with van der Waals surface area (Å²) in [5.41, 5.74) is 0.294. The first kappa shape index (κ1) is 13.3. The van der Waals surface area contributed by atoms with Gasteiger partial charge in [-0.3, -0.25) is 0 Å². The summed E-state index contributed by atoms with van der Waals surface area (Å²) < 4.78 is 26.6. The lowest BCUT2D eigenvalue weighted by Gasteiger charge is -2.31. The van der Waals surface area contributed by atoms with Crippen molar-refractivity contribution in [3.05, 3.63) is 29.8 Å². The second kappa shape index (κ2) is 5.68. The minimum absolute atomic E-state index is 0.274. The van der Waals surface area contributed by atoms with Crippen molar-refractivity contribution in [3.8, 4) is 0 Å². The molecule has 100 valence electrons. The van der Waals surface area contributed by atoms with Crippen molar-refractivity contribution in [1.82, 2.24) is 0 Å². The lowest BCUT2D eigenvalue weighted by atomic mass is 9.79. The Labute approximate surface area is 108 Å². The molecule has 0 spiro atoms. The highest BCUT2D eigenvalue weighted by molar-refractivity contribution is 5.45. The van der Waals surface area contributed by atoms with E-state index in [0.29, 0.717) is 5.69 Å². The zero-order valence-corrected chi connectivity index (χ0v) is 11.0. The van der Waals surface area contributed by atoms with E-state index in [9.17, 15) is 8.78 Å². The van der Waals surface area contributed by atoms with Gasteiger partial charge in [0.25, 0.3) is 0 Å². The van der Waals surface area contributed by atoms with Crippen LogP contribution in [0.5, 0.6) is 0 Å². The van der Waals surface area contributed by atoms with Gasteiger partial charge in [-0.1, -0.05) is 19.9 Å². The second-order valence-corrected chi connectivity index (χ2v) is 5.60. The van der Waals surface area contributed by atoms with Crippen molar-refractivity contribution in [2.45, 2.75) is 45.6 Å². The van der Waals surface area contributed by atoms with E-state index in [2.05, 4.69) is 19.2 Å². The van der Waals surface area contributed by atoms with Crippen LogP contribution in [0.1, 0.15) is 39.5 Å². The standard InChI is InChI=1S/C15H21F2N/c1-10(2)11-6-8-12(9-7-11)18-14-5-3-4-13(16)15(14)17/h3-5,10-12,18H,6-9H2,1-2H3. The van der Waals surface area contributed by atoms with E-state index in [4.69, 9.17) is 0 Å². The van der Waals surface area contributed by atoms with Gasteiger partial charge in [0.15, 0.2) is 11.6 Å². The Morgan fingerprint density at radius 3 is 2.39 bits per heavy atom. The molecule has 1 fully saturated rings. The van der Waals surface area contributed by atoms with Crippen molar-refractivity contribution >= 4 is 5.69 Å². The molecule has 18 heavy (non-hydrogen) atoms. The molecule has 2 rings (SSSR count). The van der Waals surface area contributed by atoms with Crippen LogP contribution in [0.2, 0.25) is 0 Å². The summed E-state index contributed by atoms with van der Waals surface area (Å²) in [5.74, 6) is -0.0448. The Hall–Kier alpha value is -1.12. The Morgan fingerprint density at radius 1 is 1.11 bits per heavy atom. The smallest absolute Gasteiger partial charge is 0.181 e. The summed E-state index contributed by atoms with van der Waals surface area (Å²) in [4.78, 5) is 0. The Bertz CT molecular complexity index is 395. The van der Waals surface area contributed by atoms with E-state index < -0.39 is 11.6 Å². The minimum Gasteiger partial charge on any atom is -0.380 e. The van der Waals surface area contributed by atoms with E-state index >= 15 is 0 Å². The first-order chi connectivity index (χ1) is 8.58. The van der Waals surface area contributed by atoms with Crippen LogP contribution in [0.25, 0.3) is 0 Å². The maximum absolute atomic E-state index is 13.5. The van der Waals surface area contributed by atoms with Crippen LogP contribution in [0.3, 0.4) is 0 Å². The van der Waals surface area contributed by atoms with Crippen molar-refractivity contribution < 1.29 is 8.78 Å². The predicted molar refractivity (Wildman–Crippen MR) is 70.6 cm³/mol. The van der Waals surface area contributed by atoms with Gasteiger partial charge in [-0.05, 0) is 49.7 Å². The zero-order valence-electron chi connectivity index (χ0n) is 11.0. The first-order valence-corrected chi connectivity index (χ1v) is 6.78. The molecule has 0 radical (unpaired) electrons. The van der Waals surface area contributed by atoms with Gasteiger partial charge >= 0.3 is 0 Å². The van der Waals surface area contributed by atoms with E-state index in [-0.39, 0.29) is 6.04 Å².